The van der Waals surface area contributed by atoms with Gasteiger partial charge in [-0.1, -0.05) is 0 Å². The molecule has 0 bridgehead atoms. The van der Waals surface area contributed by atoms with Gasteiger partial charge in [0.15, 0.2) is 0 Å². The van der Waals surface area contributed by atoms with Crippen molar-refractivity contribution in [3.8, 4) is 5.75 Å². The molecule has 2 aliphatic rings. The van der Waals surface area contributed by atoms with Crippen LogP contribution in [0.1, 0.15) is 40.5 Å². The molecule has 5 heteroatoms. The molecule has 0 atom stereocenters. The van der Waals surface area contributed by atoms with Gasteiger partial charge in [0, 0.05) is 24.8 Å². The van der Waals surface area contributed by atoms with Crippen molar-refractivity contribution in [2.24, 2.45) is 0 Å². The maximum atomic E-state index is 6.17. The van der Waals surface area contributed by atoms with E-state index in [0.29, 0.717) is 0 Å². The van der Waals surface area contributed by atoms with E-state index in [1.54, 1.807) is 7.11 Å². The smallest absolute Gasteiger partial charge is 0.495 e. The van der Waals surface area contributed by atoms with Crippen molar-refractivity contribution in [1.29, 1.82) is 0 Å². The van der Waals surface area contributed by atoms with Gasteiger partial charge >= 0.3 is 7.12 Å². The molecule has 2 fully saturated rings. The minimum absolute atomic E-state index is 0.325. The molecule has 0 unspecified atom stereocenters. The molecule has 1 aromatic carbocycles. The normalized spacial score (nSPS) is 23.1. The molecule has 0 saturated carbocycles. The summed E-state index contributed by atoms with van der Waals surface area (Å²) in [7, 11) is 1.36. The summed E-state index contributed by atoms with van der Waals surface area (Å²) in [6.45, 7) is 10.5. The molecule has 0 aromatic heterocycles. The maximum absolute atomic E-state index is 6.17. The number of hydrogen-bond donors (Lipinski definition) is 0. The van der Waals surface area contributed by atoms with Crippen LogP contribution in [0.25, 0.3) is 0 Å². The standard InChI is InChI=1S/C17H26BNO3/c1-16(2)17(3,4)22-18(21-16)13-10-14(12-15(11-13)20-5)19-8-6-7-9-19/h10-12H,6-9H2,1-5H3. The SMILES string of the molecule is COc1cc(B2OC(C)(C)C(C)(C)O2)cc(N2CCCC2)c1. The molecule has 1 aromatic rings. The molecule has 2 heterocycles. The Morgan fingerprint density at radius 3 is 2.14 bits per heavy atom. The Balaban J connectivity index is 1.92. The Kier molecular flexibility index (Phi) is 3.90. The van der Waals surface area contributed by atoms with Crippen LogP contribution in [0.2, 0.25) is 0 Å². The van der Waals surface area contributed by atoms with Gasteiger partial charge in [0.1, 0.15) is 5.75 Å². The summed E-state index contributed by atoms with van der Waals surface area (Å²) in [5.41, 5.74) is 1.57. The lowest BCUT2D eigenvalue weighted by Gasteiger charge is -2.32. The highest BCUT2D eigenvalue weighted by Crippen LogP contribution is 2.37. The molecule has 22 heavy (non-hydrogen) atoms. The molecule has 0 radical (unpaired) electrons. The van der Waals surface area contributed by atoms with Crippen molar-refractivity contribution in [2.75, 3.05) is 25.1 Å². The van der Waals surface area contributed by atoms with Gasteiger partial charge in [-0.3, -0.25) is 0 Å². The van der Waals surface area contributed by atoms with Gasteiger partial charge in [-0.25, -0.2) is 0 Å². The molecule has 2 aliphatic heterocycles. The summed E-state index contributed by atoms with van der Waals surface area (Å²) >= 11 is 0. The Bertz CT molecular complexity index is 537. The molecule has 0 amide bonds. The lowest BCUT2D eigenvalue weighted by Crippen LogP contribution is -2.41. The molecular weight excluding hydrogens is 277 g/mol. The molecule has 120 valence electrons. The highest BCUT2D eigenvalue weighted by atomic mass is 16.7. The van der Waals surface area contributed by atoms with E-state index in [2.05, 4.69) is 44.7 Å². The van der Waals surface area contributed by atoms with E-state index in [9.17, 15) is 0 Å². The summed E-state index contributed by atoms with van der Waals surface area (Å²) in [5, 5.41) is 0. The summed E-state index contributed by atoms with van der Waals surface area (Å²) in [4.78, 5) is 2.40. The largest absolute Gasteiger partial charge is 0.497 e. The summed E-state index contributed by atoms with van der Waals surface area (Å²) < 4.78 is 17.8. The number of rotatable bonds is 3. The zero-order valence-corrected chi connectivity index (χ0v) is 14.3. The first-order valence-corrected chi connectivity index (χ1v) is 8.12. The molecule has 0 aliphatic carbocycles. The van der Waals surface area contributed by atoms with Crippen LogP contribution in [0.4, 0.5) is 5.69 Å². The zero-order valence-electron chi connectivity index (χ0n) is 14.3. The van der Waals surface area contributed by atoms with Crippen LogP contribution in [0.3, 0.4) is 0 Å². The lowest BCUT2D eigenvalue weighted by molar-refractivity contribution is 0.00578. The molecule has 4 nitrogen and oxygen atoms in total. The Morgan fingerprint density at radius 1 is 1.00 bits per heavy atom. The average Bonchev–Trinajstić information content (AvgIpc) is 3.05. The van der Waals surface area contributed by atoms with Gasteiger partial charge in [0.25, 0.3) is 0 Å². The lowest BCUT2D eigenvalue weighted by atomic mass is 9.78. The number of hydrogen-bond acceptors (Lipinski definition) is 4. The van der Waals surface area contributed by atoms with Crippen LogP contribution in [0, 0.1) is 0 Å². The first-order valence-electron chi connectivity index (χ1n) is 8.12. The Morgan fingerprint density at radius 2 is 1.59 bits per heavy atom. The van der Waals surface area contributed by atoms with Gasteiger partial charge < -0.3 is 18.9 Å². The Labute approximate surface area is 133 Å². The van der Waals surface area contributed by atoms with Crippen LogP contribution in [0.5, 0.6) is 5.75 Å². The average molecular weight is 303 g/mol. The first-order chi connectivity index (χ1) is 10.3. The second kappa shape index (κ2) is 5.46. The number of methoxy groups -OCH3 is 1. The fraction of sp³-hybridized carbons (Fsp3) is 0.647. The van der Waals surface area contributed by atoms with E-state index in [-0.39, 0.29) is 18.3 Å². The van der Waals surface area contributed by atoms with Gasteiger partial charge in [0.2, 0.25) is 0 Å². The zero-order chi connectivity index (χ0) is 16.0. The maximum Gasteiger partial charge on any atom is 0.495 e. The van der Waals surface area contributed by atoms with Crippen molar-refractivity contribution >= 4 is 18.3 Å². The minimum atomic E-state index is -0.346. The number of benzene rings is 1. The second-order valence-electron chi connectivity index (χ2n) is 7.25. The van der Waals surface area contributed by atoms with E-state index in [0.717, 1.165) is 24.3 Å². The molecular formula is C17H26BNO3. The van der Waals surface area contributed by atoms with Crippen LogP contribution in [-0.4, -0.2) is 38.5 Å². The highest BCUT2D eigenvalue weighted by molar-refractivity contribution is 6.62. The summed E-state index contributed by atoms with van der Waals surface area (Å²) in [5.74, 6) is 0.856. The van der Waals surface area contributed by atoms with E-state index in [1.807, 2.05) is 6.07 Å². The molecule has 2 saturated heterocycles. The molecule has 0 N–H and O–H groups in total. The van der Waals surface area contributed by atoms with Crippen LogP contribution >= 0.6 is 0 Å². The third-order valence-corrected chi connectivity index (χ3v) is 5.15. The monoisotopic (exact) mass is 303 g/mol. The summed E-state index contributed by atoms with van der Waals surface area (Å²) in [6, 6.07) is 6.29. The predicted molar refractivity (Wildman–Crippen MR) is 90.2 cm³/mol. The third-order valence-electron chi connectivity index (χ3n) is 5.15. The van der Waals surface area contributed by atoms with E-state index in [1.165, 1.54) is 18.5 Å². The predicted octanol–water partition coefficient (Wildman–Crippen LogP) is 2.59. The fourth-order valence-electron chi connectivity index (χ4n) is 3.00. The fourth-order valence-corrected chi connectivity index (χ4v) is 3.00. The van der Waals surface area contributed by atoms with Crippen molar-refractivity contribution in [1.82, 2.24) is 0 Å². The van der Waals surface area contributed by atoms with Crippen molar-refractivity contribution in [3.05, 3.63) is 18.2 Å². The van der Waals surface area contributed by atoms with Crippen molar-refractivity contribution in [2.45, 2.75) is 51.7 Å². The second-order valence-corrected chi connectivity index (χ2v) is 7.25. The molecule has 0 spiro atoms. The van der Waals surface area contributed by atoms with E-state index in [4.69, 9.17) is 14.0 Å². The molecule has 3 rings (SSSR count). The highest BCUT2D eigenvalue weighted by Gasteiger charge is 2.51. The van der Waals surface area contributed by atoms with Gasteiger partial charge in [-0.15, -0.1) is 0 Å². The van der Waals surface area contributed by atoms with Gasteiger partial charge in [-0.2, -0.15) is 0 Å². The van der Waals surface area contributed by atoms with E-state index < -0.39 is 0 Å². The number of ether oxygens (including phenoxy) is 1. The first kappa shape index (κ1) is 15.7. The number of anilines is 1. The number of nitrogens with zero attached hydrogens (tertiary/aromatic N) is 1. The quantitative estimate of drug-likeness (QED) is 0.803. The van der Waals surface area contributed by atoms with Gasteiger partial charge in [-0.05, 0) is 58.1 Å². The topological polar surface area (TPSA) is 30.9 Å². The minimum Gasteiger partial charge on any atom is -0.497 e. The Hall–Kier alpha value is -1.20. The van der Waals surface area contributed by atoms with Crippen molar-refractivity contribution < 1.29 is 14.0 Å². The van der Waals surface area contributed by atoms with E-state index >= 15 is 0 Å². The summed E-state index contributed by atoms with van der Waals surface area (Å²) in [6.07, 6.45) is 2.51. The van der Waals surface area contributed by atoms with Crippen LogP contribution in [0.15, 0.2) is 18.2 Å². The van der Waals surface area contributed by atoms with Gasteiger partial charge in [0.05, 0.1) is 18.3 Å². The van der Waals surface area contributed by atoms with Crippen LogP contribution < -0.4 is 15.1 Å². The van der Waals surface area contributed by atoms with Crippen LogP contribution in [-0.2, 0) is 9.31 Å². The van der Waals surface area contributed by atoms with Crippen molar-refractivity contribution in [3.63, 3.8) is 0 Å². The third kappa shape index (κ3) is 2.72.